The van der Waals surface area contributed by atoms with Gasteiger partial charge in [0.1, 0.15) is 5.75 Å². The molecule has 1 aliphatic heterocycles. The molecule has 1 amide bonds. The first kappa shape index (κ1) is 21.6. The first-order chi connectivity index (χ1) is 13.8. The number of rotatable bonds is 6. The molecule has 1 saturated heterocycles. The van der Waals surface area contributed by atoms with Crippen LogP contribution in [-0.2, 0) is 14.8 Å². The van der Waals surface area contributed by atoms with Crippen molar-refractivity contribution >= 4 is 33.2 Å². The van der Waals surface area contributed by atoms with Crippen LogP contribution in [0.4, 0.5) is 5.69 Å². The molecule has 7 nitrogen and oxygen atoms in total. The summed E-state index contributed by atoms with van der Waals surface area (Å²) in [5.41, 5.74) is 1.66. The molecule has 0 spiro atoms. The van der Waals surface area contributed by atoms with Crippen molar-refractivity contribution in [1.29, 1.82) is 0 Å². The number of benzene rings is 2. The number of aryl methyl sites for hydroxylation is 1. The second-order valence-electron chi connectivity index (χ2n) is 7.04. The summed E-state index contributed by atoms with van der Waals surface area (Å²) in [6.45, 7) is 4.06. The van der Waals surface area contributed by atoms with E-state index in [1.165, 1.54) is 16.4 Å². The summed E-state index contributed by atoms with van der Waals surface area (Å²) in [5.74, 6) is 0.482. The number of nitrogens with zero attached hydrogens (tertiary/aromatic N) is 1. The fraction of sp³-hybridized carbons (Fsp3) is 0.350. The molecule has 0 aromatic heterocycles. The fourth-order valence-corrected chi connectivity index (χ4v) is 4.88. The quantitative estimate of drug-likeness (QED) is 0.710. The normalized spacial score (nSPS) is 15.8. The Bertz CT molecular complexity index is 972. The van der Waals surface area contributed by atoms with Gasteiger partial charge in [-0.15, -0.1) is 0 Å². The zero-order valence-electron chi connectivity index (χ0n) is 16.4. The van der Waals surface area contributed by atoms with Crippen molar-refractivity contribution in [3.05, 3.63) is 53.1 Å². The maximum atomic E-state index is 12.8. The lowest BCUT2D eigenvalue weighted by Crippen LogP contribution is -3.15. The Labute approximate surface area is 176 Å². The number of carbonyl (C=O) groups is 1. The fourth-order valence-electron chi connectivity index (χ4n) is 3.32. The highest BCUT2D eigenvalue weighted by atomic mass is 35.5. The third kappa shape index (κ3) is 5.27. The largest absolute Gasteiger partial charge is 0.495 e. The lowest BCUT2D eigenvalue weighted by atomic mass is 10.2. The number of amides is 1. The smallest absolute Gasteiger partial charge is 0.279 e. The Balaban J connectivity index is 1.56. The lowest BCUT2D eigenvalue weighted by molar-refractivity contribution is -0.895. The molecule has 2 N–H and O–H groups in total. The van der Waals surface area contributed by atoms with Gasteiger partial charge in [-0.05, 0) is 48.9 Å². The number of hydrogen-bond donors (Lipinski definition) is 2. The van der Waals surface area contributed by atoms with Crippen LogP contribution < -0.4 is 15.0 Å². The highest BCUT2D eigenvalue weighted by Crippen LogP contribution is 2.25. The molecule has 0 unspecified atom stereocenters. The highest BCUT2D eigenvalue weighted by molar-refractivity contribution is 7.89. The zero-order valence-corrected chi connectivity index (χ0v) is 18.0. The van der Waals surface area contributed by atoms with E-state index in [4.69, 9.17) is 16.3 Å². The average molecular weight is 439 g/mol. The van der Waals surface area contributed by atoms with E-state index in [-0.39, 0.29) is 17.3 Å². The van der Waals surface area contributed by atoms with Crippen molar-refractivity contribution in [3.63, 3.8) is 0 Å². The molecular formula is C20H25ClN3O4S+. The summed E-state index contributed by atoms with van der Waals surface area (Å²) in [6.07, 6.45) is 0. The summed E-state index contributed by atoms with van der Waals surface area (Å²) in [4.78, 5) is 13.7. The standard InChI is InChI=1S/C20H24ClN3O4S/c1-15-3-8-19(28-2)18(13-15)22-20(25)14-23-9-11-24(12-10-23)29(26,27)17-6-4-16(21)5-7-17/h3-8,13H,9-12,14H2,1-2H3,(H,22,25)/p+1. The number of sulfonamides is 1. The highest BCUT2D eigenvalue weighted by Gasteiger charge is 2.31. The molecule has 1 aliphatic rings. The van der Waals surface area contributed by atoms with Gasteiger partial charge in [0.2, 0.25) is 10.0 Å². The van der Waals surface area contributed by atoms with Crippen LogP contribution in [0.3, 0.4) is 0 Å². The van der Waals surface area contributed by atoms with Crippen LogP contribution >= 0.6 is 11.6 Å². The van der Waals surface area contributed by atoms with E-state index in [0.717, 1.165) is 10.5 Å². The van der Waals surface area contributed by atoms with Crippen LogP contribution in [0.25, 0.3) is 0 Å². The Morgan fingerprint density at radius 1 is 1.17 bits per heavy atom. The first-order valence-corrected chi connectivity index (χ1v) is 11.1. The van der Waals surface area contributed by atoms with Gasteiger partial charge in [-0.1, -0.05) is 17.7 Å². The number of hydrogen-bond acceptors (Lipinski definition) is 4. The SMILES string of the molecule is COc1ccc(C)cc1NC(=O)C[NH+]1CCN(S(=O)(=O)c2ccc(Cl)cc2)CC1. The van der Waals surface area contributed by atoms with Crippen LogP contribution in [0, 0.1) is 6.92 Å². The van der Waals surface area contributed by atoms with E-state index in [1.54, 1.807) is 19.2 Å². The molecule has 0 atom stereocenters. The maximum Gasteiger partial charge on any atom is 0.279 e. The molecular weight excluding hydrogens is 414 g/mol. The number of quaternary nitrogens is 1. The van der Waals surface area contributed by atoms with Crippen molar-refractivity contribution in [2.24, 2.45) is 0 Å². The van der Waals surface area contributed by atoms with Crippen molar-refractivity contribution in [2.75, 3.05) is 45.2 Å². The van der Waals surface area contributed by atoms with E-state index in [1.807, 2.05) is 25.1 Å². The predicted molar refractivity (Wildman–Crippen MR) is 112 cm³/mol. The molecule has 0 saturated carbocycles. The Morgan fingerprint density at radius 2 is 1.83 bits per heavy atom. The van der Waals surface area contributed by atoms with Crippen molar-refractivity contribution < 1.29 is 22.8 Å². The molecule has 1 heterocycles. The number of anilines is 1. The molecule has 29 heavy (non-hydrogen) atoms. The molecule has 2 aromatic carbocycles. The van der Waals surface area contributed by atoms with Gasteiger partial charge < -0.3 is 15.0 Å². The monoisotopic (exact) mass is 438 g/mol. The molecule has 1 fully saturated rings. The molecule has 9 heteroatoms. The molecule has 2 aromatic rings. The minimum Gasteiger partial charge on any atom is -0.495 e. The van der Waals surface area contributed by atoms with E-state index < -0.39 is 10.0 Å². The summed E-state index contributed by atoms with van der Waals surface area (Å²) in [7, 11) is -1.99. The molecule has 0 bridgehead atoms. The number of halogens is 1. The Morgan fingerprint density at radius 3 is 2.45 bits per heavy atom. The Hall–Kier alpha value is -2.13. The maximum absolute atomic E-state index is 12.8. The second kappa shape index (κ2) is 9.13. The van der Waals surface area contributed by atoms with E-state index in [2.05, 4.69) is 5.32 Å². The lowest BCUT2D eigenvalue weighted by Gasteiger charge is -2.31. The number of carbonyl (C=O) groups excluding carboxylic acids is 1. The summed E-state index contributed by atoms with van der Waals surface area (Å²) in [6, 6.07) is 11.8. The van der Waals surface area contributed by atoms with Gasteiger partial charge in [-0.3, -0.25) is 4.79 Å². The minimum atomic E-state index is -3.55. The van der Waals surface area contributed by atoms with Gasteiger partial charge in [0.25, 0.3) is 5.91 Å². The van der Waals surface area contributed by atoms with Gasteiger partial charge in [0.15, 0.2) is 6.54 Å². The van der Waals surface area contributed by atoms with Crippen LogP contribution in [0.1, 0.15) is 5.56 Å². The van der Waals surface area contributed by atoms with Crippen LogP contribution in [0.5, 0.6) is 5.75 Å². The molecule has 3 rings (SSSR count). The van der Waals surface area contributed by atoms with Crippen molar-refractivity contribution in [2.45, 2.75) is 11.8 Å². The van der Waals surface area contributed by atoms with Crippen LogP contribution in [0.15, 0.2) is 47.4 Å². The second-order valence-corrected chi connectivity index (χ2v) is 9.41. The summed E-state index contributed by atoms with van der Waals surface area (Å²) < 4.78 is 32.3. The van der Waals surface area contributed by atoms with E-state index in [0.29, 0.717) is 42.6 Å². The topological polar surface area (TPSA) is 80.2 Å². The van der Waals surface area contributed by atoms with Gasteiger partial charge in [0.05, 0.1) is 43.9 Å². The first-order valence-electron chi connectivity index (χ1n) is 9.33. The third-order valence-corrected chi connectivity index (χ3v) is 7.09. The van der Waals surface area contributed by atoms with Crippen molar-refractivity contribution in [3.8, 4) is 5.75 Å². The Kier molecular flexibility index (Phi) is 6.79. The van der Waals surface area contributed by atoms with Crippen molar-refractivity contribution in [1.82, 2.24) is 4.31 Å². The molecule has 156 valence electrons. The minimum absolute atomic E-state index is 0.127. The number of methoxy groups -OCH3 is 1. The van der Waals surface area contributed by atoms with Gasteiger partial charge in [-0.2, -0.15) is 4.31 Å². The molecule has 0 radical (unpaired) electrons. The third-order valence-electron chi connectivity index (χ3n) is 4.92. The predicted octanol–water partition coefficient (Wildman–Crippen LogP) is 1.18. The van der Waals surface area contributed by atoms with Gasteiger partial charge >= 0.3 is 0 Å². The van der Waals surface area contributed by atoms with Crippen LogP contribution in [0.2, 0.25) is 5.02 Å². The van der Waals surface area contributed by atoms with Gasteiger partial charge in [0, 0.05) is 5.02 Å². The molecule has 0 aliphatic carbocycles. The van der Waals surface area contributed by atoms with E-state index >= 15 is 0 Å². The number of piperazine rings is 1. The summed E-state index contributed by atoms with van der Waals surface area (Å²) in [5, 5.41) is 3.39. The zero-order chi connectivity index (χ0) is 21.0. The van der Waals surface area contributed by atoms with Gasteiger partial charge in [-0.25, -0.2) is 8.42 Å². The number of nitrogens with one attached hydrogen (secondary N) is 2. The number of ether oxygens (including phenoxy) is 1. The average Bonchev–Trinajstić information content (AvgIpc) is 2.69. The summed E-state index contributed by atoms with van der Waals surface area (Å²) >= 11 is 5.84. The van der Waals surface area contributed by atoms with E-state index in [9.17, 15) is 13.2 Å². The van der Waals surface area contributed by atoms with Crippen LogP contribution in [-0.4, -0.2) is 58.5 Å².